The molecular formula is C24H27Cl2N3O3. The van der Waals surface area contributed by atoms with Crippen molar-refractivity contribution in [2.45, 2.75) is 38.8 Å². The molecule has 2 aromatic carbocycles. The lowest BCUT2D eigenvalue weighted by atomic mass is 9.86. The summed E-state index contributed by atoms with van der Waals surface area (Å²) in [5.74, 6) is -0.364. The van der Waals surface area contributed by atoms with E-state index in [4.69, 9.17) is 23.2 Å². The van der Waals surface area contributed by atoms with Crippen LogP contribution in [0.2, 0.25) is 10.0 Å². The molecule has 1 saturated heterocycles. The molecule has 170 valence electrons. The topological polar surface area (TPSA) is 81.7 Å². The summed E-state index contributed by atoms with van der Waals surface area (Å²) >= 11 is 12.6. The van der Waals surface area contributed by atoms with Crippen molar-refractivity contribution < 1.29 is 14.7 Å². The smallest absolute Gasteiger partial charge is 0.253 e. The van der Waals surface area contributed by atoms with Crippen LogP contribution in [-0.2, 0) is 16.8 Å². The Labute approximate surface area is 198 Å². The predicted molar refractivity (Wildman–Crippen MR) is 129 cm³/mol. The van der Waals surface area contributed by atoms with Crippen molar-refractivity contribution in [2.75, 3.05) is 18.4 Å². The Bertz CT molecular complexity index is 1060. The number of likely N-dealkylation sites (tertiary alicyclic amines) is 1. The number of aromatic hydroxyl groups is 1. The van der Waals surface area contributed by atoms with E-state index in [1.807, 2.05) is 6.07 Å². The van der Waals surface area contributed by atoms with Gasteiger partial charge in [0.2, 0.25) is 5.91 Å². The Morgan fingerprint density at radius 3 is 2.47 bits per heavy atom. The Kier molecular flexibility index (Phi) is 7.06. The van der Waals surface area contributed by atoms with Crippen molar-refractivity contribution in [3.8, 4) is 5.75 Å². The van der Waals surface area contributed by atoms with Gasteiger partial charge in [0.15, 0.2) is 0 Å². The standard InChI is InChI=1S/C24H27Cl2N3O3/c1-5-22(31)29-12-15(13-29)28-23(32)16-7-6-14(8-18(16)25)11-27-20-9-17(24(2,3)4)19(26)10-21(20)30/h5-10,15,27,30H,1,11-13H2,2-4H3,(H,28,32). The van der Waals surface area contributed by atoms with Gasteiger partial charge in [-0.25, -0.2) is 0 Å². The fourth-order valence-corrected chi connectivity index (χ4v) is 4.20. The maximum atomic E-state index is 12.5. The molecule has 2 aromatic rings. The first-order valence-electron chi connectivity index (χ1n) is 10.3. The van der Waals surface area contributed by atoms with Crippen LogP contribution >= 0.6 is 23.2 Å². The molecule has 0 spiro atoms. The van der Waals surface area contributed by atoms with Gasteiger partial charge in [0.25, 0.3) is 5.91 Å². The quantitative estimate of drug-likeness (QED) is 0.416. The fourth-order valence-electron chi connectivity index (χ4n) is 3.47. The third-order valence-corrected chi connectivity index (χ3v) is 5.98. The number of halogens is 2. The van der Waals surface area contributed by atoms with E-state index in [-0.39, 0.29) is 29.0 Å². The second-order valence-electron chi connectivity index (χ2n) is 8.88. The average molecular weight is 476 g/mol. The van der Waals surface area contributed by atoms with Gasteiger partial charge in [0.1, 0.15) is 5.75 Å². The molecule has 1 heterocycles. The first-order chi connectivity index (χ1) is 15.0. The average Bonchev–Trinajstić information content (AvgIpc) is 2.68. The number of anilines is 1. The van der Waals surface area contributed by atoms with Gasteiger partial charge in [0.05, 0.1) is 22.3 Å². The highest BCUT2D eigenvalue weighted by atomic mass is 35.5. The minimum Gasteiger partial charge on any atom is -0.506 e. The van der Waals surface area contributed by atoms with E-state index >= 15 is 0 Å². The molecule has 6 nitrogen and oxygen atoms in total. The summed E-state index contributed by atoms with van der Waals surface area (Å²) in [7, 11) is 0. The van der Waals surface area contributed by atoms with Crippen LogP contribution in [0.4, 0.5) is 5.69 Å². The molecule has 1 fully saturated rings. The van der Waals surface area contributed by atoms with Crippen LogP contribution in [0.25, 0.3) is 0 Å². The molecule has 0 aliphatic carbocycles. The largest absolute Gasteiger partial charge is 0.506 e. The molecule has 0 unspecified atom stereocenters. The molecule has 0 atom stereocenters. The number of hydrogen-bond donors (Lipinski definition) is 3. The highest BCUT2D eigenvalue weighted by Crippen LogP contribution is 2.37. The molecule has 2 amide bonds. The lowest BCUT2D eigenvalue weighted by Crippen LogP contribution is -2.60. The molecule has 32 heavy (non-hydrogen) atoms. The van der Waals surface area contributed by atoms with E-state index < -0.39 is 0 Å². The number of nitrogens with zero attached hydrogens (tertiary/aromatic N) is 1. The van der Waals surface area contributed by atoms with E-state index in [1.165, 1.54) is 12.1 Å². The zero-order valence-electron chi connectivity index (χ0n) is 18.3. The van der Waals surface area contributed by atoms with Gasteiger partial charge in [-0.15, -0.1) is 0 Å². The second-order valence-corrected chi connectivity index (χ2v) is 9.70. The summed E-state index contributed by atoms with van der Waals surface area (Å²) in [6.45, 7) is 10.9. The van der Waals surface area contributed by atoms with Crippen LogP contribution in [0.5, 0.6) is 5.75 Å². The maximum Gasteiger partial charge on any atom is 0.253 e. The van der Waals surface area contributed by atoms with Crippen molar-refractivity contribution in [1.82, 2.24) is 10.2 Å². The fraction of sp³-hybridized carbons (Fsp3) is 0.333. The molecule has 0 aromatic heterocycles. The van der Waals surface area contributed by atoms with E-state index in [2.05, 4.69) is 38.0 Å². The van der Waals surface area contributed by atoms with E-state index in [0.29, 0.717) is 40.9 Å². The lowest BCUT2D eigenvalue weighted by molar-refractivity contribution is -0.130. The summed E-state index contributed by atoms with van der Waals surface area (Å²) in [5.41, 5.74) is 2.54. The summed E-state index contributed by atoms with van der Waals surface area (Å²) in [6.07, 6.45) is 1.26. The van der Waals surface area contributed by atoms with Crippen molar-refractivity contribution >= 4 is 40.7 Å². The minimum absolute atomic E-state index is 0.0644. The van der Waals surface area contributed by atoms with Crippen LogP contribution in [0.3, 0.4) is 0 Å². The van der Waals surface area contributed by atoms with Crippen LogP contribution in [0, 0.1) is 0 Å². The van der Waals surface area contributed by atoms with Crippen LogP contribution in [0.1, 0.15) is 42.3 Å². The number of hydrogen-bond acceptors (Lipinski definition) is 4. The van der Waals surface area contributed by atoms with Crippen LogP contribution < -0.4 is 10.6 Å². The normalized spacial score (nSPS) is 14.0. The third kappa shape index (κ3) is 5.37. The Morgan fingerprint density at radius 2 is 1.88 bits per heavy atom. The number of benzene rings is 2. The number of rotatable bonds is 6. The lowest BCUT2D eigenvalue weighted by Gasteiger charge is -2.38. The van der Waals surface area contributed by atoms with Gasteiger partial charge >= 0.3 is 0 Å². The number of nitrogens with one attached hydrogen (secondary N) is 2. The molecular weight excluding hydrogens is 449 g/mol. The third-order valence-electron chi connectivity index (χ3n) is 5.36. The summed E-state index contributed by atoms with van der Waals surface area (Å²) < 4.78 is 0. The molecule has 8 heteroatoms. The highest BCUT2D eigenvalue weighted by Gasteiger charge is 2.30. The molecule has 1 aliphatic heterocycles. The van der Waals surface area contributed by atoms with Crippen molar-refractivity contribution in [3.63, 3.8) is 0 Å². The van der Waals surface area contributed by atoms with Gasteiger partial charge in [-0.1, -0.05) is 56.6 Å². The molecule has 1 aliphatic rings. The number of phenolic OH excluding ortho intramolecular Hbond substituents is 1. The molecule has 0 bridgehead atoms. The van der Waals surface area contributed by atoms with Gasteiger partial charge in [-0.3, -0.25) is 9.59 Å². The molecule has 3 N–H and O–H groups in total. The summed E-state index contributed by atoms with van der Waals surface area (Å²) in [6, 6.07) is 8.47. The number of amides is 2. The zero-order chi connectivity index (χ0) is 23.6. The number of carbonyl (C=O) groups excluding carboxylic acids is 2. The zero-order valence-corrected chi connectivity index (χ0v) is 19.8. The second kappa shape index (κ2) is 9.43. The Hall–Kier alpha value is -2.70. The Morgan fingerprint density at radius 1 is 1.19 bits per heavy atom. The van der Waals surface area contributed by atoms with Crippen molar-refractivity contribution in [3.05, 3.63) is 69.7 Å². The van der Waals surface area contributed by atoms with Crippen LogP contribution in [-0.4, -0.2) is 41.0 Å². The highest BCUT2D eigenvalue weighted by molar-refractivity contribution is 6.34. The van der Waals surface area contributed by atoms with Crippen LogP contribution in [0.15, 0.2) is 43.0 Å². The van der Waals surface area contributed by atoms with Crippen molar-refractivity contribution in [1.29, 1.82) is 0 Å². The van der Waals surface area contributed by atoms with Gasteiger partial charge in [0, 0.05) is 30.7 Å². The molecule has 0 radical (unpaired) electrons. The first kappa shape index (κ1) is 24.0. The van der Waals surface area contributed by atoms with Gasteiger partial charge in [-0.2, -0.15) is 0 Å². The molecule has 0 saturated carbocycles. The maximum absolute atomic E-state index is 12.5. The van der Waals surface area contributed by atoms with Gasteiger partial charge in [-0.05, 0) is 40.8 Å². The predicted octanol–water partition coefficient (Wildman–Crippen LogP) is 4.74. The van der Waals surface area contributed by atoms with E-state index in [9.17, 15) is 14.7 Å². The Balaban J connectivity index is 1.63. The first-order valence-corrected chi connectivity index (χ1v) is 11.0. The minimum atomic E-state index is -0.282. The number of phenols is 1. The van der Waals surface area contributed by atoms with Crippen molar-refractivity contribution in [2.24, 2.45) is 0 Å². The summed E-state index contributed by atoms with van der Waals surface area (Å²) in [4.78, 5) is 25.6. The van der Waals surface area contributed by atoms with E-state index in [0.717, 1.165) is 11.1 Å². The summed E-state index contributed by atoms with van der Waals surface area (Å²) in [5, 5.41) is 17.2. The van der Waals surface area contributed by atoms with E-state index in [1.54, 1.807) is 23.1 Å². The van der Waals surface area contributed by atoms with Gasteiger partial charge < -0.3 is 20.6 Å². The monoisotopic (exact) mass is 475 g/mol. The number of carbonyl (C=O) groups is 2. The molecule has 3 rings (SSSR count). The SMILES string of the molecule is C=CC(=O)N1CC(NC(=O)c2ccc(CNc3cc(C(C)(C)C)c(Cl)cc3O)cc2Cl)C1.